The molecule has 2 aromatic carbocycles. The lowest BCUT2D eigenvalue weighted by molar-refractivity contribution is -0.127. The lowest BCUT2D eigenvalue weighted by Crippen LogP contribution is -2.38. The van der Waals surface area contributed by atoms with Gasteiger partial charge in [0.05, 0.1) is 0 Å². The van der Waals surface area contributed by atoms with Crippen LogP contribution in [0, 0.1) is 0 Å². The molecule has 154 valence electrons. The van der Waals surface area contributed by atoms with Crippen LogP contribution in [0.4, 0.5) is 5.69 Å². The number of rotatable bonds is 7. The predicted octanol–water partition coefficient (Wildman–Crippen LogP) is 4.29. The summed E-state index contributed by atoms with van der Waals surface area (Å²) < 4.78 is 5.91. The smallest absolute Gasteiger partial charge is 0.260 e. The number of hydrogen-bond donors (Lipinski definition) is 1. The molecule has 4 nitrogen and oxygen atoms in total. The first-order valence-electron chi connectivity index (χ1n) is 11.0. The highest BCUT2D eigenvalue weighted by Gasteiger charge is 2.24. The van der Waals surface area contributed by atoms with Crippen LogP contribution in [0.3, 0.4) is 0 Å². The molecule has 2 atom stereocenters. The Morgan fingerprint density at radius 3 is 2.79 bits per heavy atom. The summed E-state index contributed by atoms with van der Waals surface area (Å²) in [6, 6.07) is 15.4. The van der Waals surface area contributed by atoms with Gasteiger partial charge in [0, 0.05) is 24.8 Å². The molecule has 0 unspecified atom stereocenters. The average molecular weight is 393 g/mol. The fourth-order valence-corrected chi connectivity index (χ4v) is 4.62. The number of fused-ring (bicyclic) bond motifs is 2. The first kappa shape index (κ1) is 19.8. The fourth-order valence-electron chi connectivity index (χ4n) is 4.62. The van der Waals surface area contributed by atoms with E-state index in [1.807, 2.05) is 13.0 Å². The van der Waals surface area contributed by atoms with E-state index >= 15 is 0 Å². The van der Waals surface area contributed by atoms with Crippen LogP contribution in [0.1, 0.15) is 49.8 Å². The van der Waals surface area contributed by atoms with Gasteiger partial charge in [-0.2, -0.15) is 0 Å². The molecule has 1 N–H and O–H groups in total. The summed E-state index contributed by atoms with van der Waals surface area (Å²) >= 11 is 0. The molecule has 0 aromatic heterocycles. The van der Waals surface area contributed by atoms with Gasteiger partial charge in [0.1, 0.15) is 5.75 Å². The van der Waals surface area contributed by atoms with Crippen molar-refractivity contribution in [1.29, 1.82) is 0 Å². The molecule has 2 aliphatic rings. The summed E-state index contributed by atoms with van der Waals surface area (Å²) in [5.74, 6) is 0.758. The highest BCUT2D eigenvalue weighted by Crippen LogP contribution is 2.31. The largest absolute Gasteiger partial charge is 0.481 e. The van der Waals surface area contributed by atoms with Crippen LogP contribution in [0.5, 0.6) is 5.75 Å². The normalized spacial score (nSPS) is 18.7. The number of amides is 1. The molecule has 0 saturated heterocycles. The molecule has 1 amide bonds. The van der Waals surface area contributed by atoms with Crippen LogP contribution in [-0.2, 0) is 24.1 Å². The van der Waals surface area contributed by atoms with Gasteiger partial charge in [-0.25, -0.2) is 0 Å². The highest BCUT2D eigenvalue weighted by molar-refractivity contribution is 5.80. The van der Waals surface area contributed by atoms with Crippen LogP contribution in [0.15, 0.2) is 42.5 Å². The molecule has 0 bridgehead atoms. The van der Waals surface area contributed by atoms with Gasteiger partial charge >= 0.3 is 0 Å². The van der Waals surface area contributed by atoms with Crippen molar-refractivity contribution in [2.24, 2.45) is 0 Å². The summed E-state index contributed by atoms with van der Waals surface area (Å²) in [5, 5.41) is 3.04. The predicted molar refractivity (Wildman–Crippen MR) is 118 cm³/mol. The van der Waals surface area contributed by atoms with Crippen LogP contribution in [0.25, 0.3) is 0 Å². The molecule has 0 spiro atoms. The molecule has 4 rings (SSSR count). The van der Waals surface area contributed by atoms with Gasteiger partial charge < -0.3 is 15.0 Å². The molecule has 29 heavy (non-hydrogen) atoms. The van der Waals surface area contributed by atoms with Crippen molar-refractivity contribution < 1.29 is 9.53 Å². The minimum atomic E-state index is -0.483. The van der Waals surface area contributed by atoms with Gasteiger partial charge in [-0.3, -0.25) is 4.79 Å². The summed E-state index contributed by atoms with van der Waals surface area (Å²) in [4.78, 5) is 14.9. The van der Waals surface area contributed by atoms with E-state index in [-0.39, 0.29) is 5.91 Å². The average Bonchev–Trinajstić information content (AvgIpc) is 3.06. The van der Waals surface area contributed by atoms with E-state index in [2.05, 4.69) is 53.5 Å². The van der Waals surface area contributed by atoms with Gasteiger partial charge in [0.2, 0.25) is 0 Å². The van der Waals surface area contributed by atoms with E-state index < -0.39 is 6.10 Å². The monoisotopic (exact) mass is 392 g/mol. The Morgan fingerprint density at radius 1 is 1.14 bits per heavy atom. The third-order valence-electron chi connectivity index (χ3n) is 6.23. The lowest BCUT2D eigenvalue weighted by atomic mass is 9.92. The van der Waals surface area contributed by atoms with Crippen molar-refractivity contribution in [3.05, 3.63) is 59.2 Å². The Kier molecular flexibility index (Phi) is 6.08. The summed E-state index contributed by atoms with van der Waals surface area (Å²) in [5.41, 5.74) is 5.58. The highest BCUT2D eigenvalue weighted by atomic mass is 16.5. The zero-order valence-electron chi connectivity index (χ0n) is 17.6. The second kappa shape index (κ2) is 8.89. The number of para-hydroxylation sites is 1. The SMILES string of the molecule is C[C@@H](Oc1ccc2c(c1)CCCC2)C(=O)NCCCN1c2ccccc2C[C@@H]1C. The second-order valence-corrected chi connectivity index (χ2v) is 8.42. The van der Waals surface area contributed by atoms with Crippen molar-refractivity contribution in [2.75, 3.05) is 18.0 Å². The minimum absolute atomic E-state index is 0.0439. The van der Waals surface area contributed by atoms with Crippen LogP contribution < -0.4 is 15.0 Å². The molecule has 0 radical (unpaired) electrons. The topological polar surface area (TPSA) is 41.6 Å². The molecule has 4 heteroatoms. The molecule has 1 heterocycles. The third-order valence-corrected chi connectivity index (χ3v) is 6.23. The van der Waals surface area contributed by atoms with Crippen molar-refractivity contribution >= 4 is 11.6 Å². The number of benzene rings is 2. The fraction of sp³-hybridized carbons (Fsp3) is 0.480. The number of hydrogen-bond acceptors (Lipinski definition) is 3. The number of carbonyl (C=O) groups excluding carboxylic acids is 1. The number of nitrogens with zero attached hydrogens (tertiary/aromatic N) is 1. The third kappa shape index (κ3) is 4.58. The Balaban J connectivity index is 1.23. The number of ether oxygens (including phenoxy) is 1. The van der Waals surface area contributed by atoms with Gasteiger partial charge in [0.15, 0.2) is 6.10 Å². The number of anilines is 1. The quantitative estimate of drug-likeness (QED) is 0.715. The van der Waals surface area contributed by atoms with E-state index in [9.17, 15) is 4.79 Å². The Bertz CT molecular complexity index is 864. The maximum Gasteiger partial charge on any atom is 0.260 e. The lowest BCUT2D eigenvalue weighted by Gasteiger charge is -2.25. The first-order chi connectivity index (χ1) is 14.1. The first-order valence-corrected chi connectivity index (χ1v) is 11.0. The van der Waals surface area contributed by atoms with Gasteiger partial charge in [-0.05, 0) is 87.3 Å². The maximum absolute atomic E-state index is 12.4. The van der Waals surface area contributed by atoms with Crippen molar-refractivity contribution in [2.45, 2.75) is 64.5 Å². The van der Waals surface area contributed by atoms with Crippen LogP contribution in [-0.4, -0.2) is 31.1 Å². The number of carbonyl (C=O) groups is 1. The van der Waals surface area contributed by atoms with E-state index in [4.69, 9.17) is 4.74 Å². The molecular weight excluding hydrogens is 360 g/mol. The Labute approximate surface area is 174 Å². The van der Waals surface area contributed by atoms with E-state index in [0.29, 0.717) is 12.6 Å². The van der Waals surface area contributed by atoms with Crippen molar-refractivity contribution in [3.63, 3.8) is 0 Å². The van der Waals surface area contributed by atoms with Crippen LogP contribution >= 0.6 is 0 Å². The second-order valence-electron chi connectivity index (χ2n) is 8.42. The Hall–Kier alpha value is -2.49. The van der Waals surface area contributed by atoms with E-state index in [1.165, 1.54) is 35.2 Å². The molecule has 0 saturated carbocycles. The molecule has 2 aromatic rings. The Morgan fingerprint density at radius 2 is 1.93 bits per heavy atom. The standard InChI is InChI=1S/C25H32N2O2/c1-18-16-22-10-5-6-11-24(22)27(18)15-7-14-26-25(28)19(2)29-23-13-12-20-8-3-4-9-21(20)17-23/h5-6,10-13,17-19H,3-4,7-9,14-16H2,1-2H3,(H,26,28)/t18-,19+/m0/s1. The zero-order valence-corrected chi connectivity index (χ0v) is 17.6. The minimum Gasteiger partial charge on any atom is -0.481 e. The van der Waals surface area contributed by atoms with E-state index in [1.54, 1.807) is 0 Å². The molecule has 0 fully saturated rings. The van der Waals surface area contributed by atoms with Gasteiger partial charge in [-0.1, -0.05) is 24.3 Å². The van der Waals surface area contributed by atoms with Crippen molar-refractivity contribution in [3.8, 4) is 5.75 Å². The number of nitrogens with one attached hydrogen (secondary N) is 1. The molecule has 1 aliphatic carbocycles. The molecular formula is C25H32N2O2. The van der Waals surface area contributed by atoms with Gasteiger partial charge in [-0.15, -0.1) is 0 Å². The summed E-state index contributed by atoms with van der Waals surface area (Å²) in [7, 11) is 0. The van der Waals surface area contributed by atoms with Gasteiger partial charge in [0.25, 0.3) is 5.91 Å². The van der Waals surface area contributed by atoms with E-state index in [0.717, 1.165) is 38.0 Å². The summed E-state index contributed by atoms with van der Waals surface area (Å²) in [6.45, 7) is 5.72. The molecule has 1 aliphatic heterocycles. The zero-order chi connectivity index (χ0) is 20.2. The van der Waals surface area contributed by atoms with Crippen LogP contribution in [0.2, 0.25) is 0 Å². The number of aryl methyl sites for hydroxylation is 2. The maximum atomic E-state index is 12.4. The van der Waals surface area contributed by atoms with Crippen molar-refractivity contribution in [1.82, 2.24) is 5.32 Å². The summed E-state index contributed by atoms with van der Waals surface area (Å²) in [6.07, 6.45) is 6.34.